The summed E-state index contributed by atoms with van der Waals surface area (Å²) in [4.78, 5) is 7.92. The van der Waals surface area contributed by atoms with Crippen molar-refractivity contribution in [3.05, 3.63) is 96.9 Å². The van der Waals surface area contributed by atoms with Crippen LogP contribution in [-0.4, -0.2) is 19.7 Å². The van der Waals surface area contributed by atoms with Gasteiger partial charge in [0.15, 0.2) is 0 Å². The largest absolute Gasteiger partial charge is 0.433 e. The number of fused-ring (bicyclic) bond motifs is 1. The Morgan fingerprint density at radius 2 is 1.81 bits per heavy atom. The number of aromatic nitrogens is 4. The molecule has 1 N–H and O–H groups in total. The molecule has 9 heteroatoms. The first-order valence-corrected chi connectivity index (χ1v) is 9.37. The minimum absolute atomic E-state index is 0.468. The maximum absolute atomic E-state index is 12.8. The van der Waals surface area contributed by atoms with Crippen molar-refractivity contribution in [2.75, 3.05) is 5.01 Å². The zero-order chi connectivity index (χ0) is 21.4. The van der Waals surface area contributed by atoms with E-state index in [9.17, 15) is 13.2 Å². The van der Waals surface area contributed by atoms with E-state index < -0.39 is 11.9 Å². The smallest absolute Gasteiger partial charge is 0.292 e. The van der Waals surface area contributed by atoms with Crippen molar-refractivity contribution in [3.63, 3.8) is 0 Å². The first-order valence-electron chi connectivity index (χ1n) is 9.37. The fourth-order valence-electron chi connectivity index (χ4n) is 3.39. The molecule has 0 saturated carbocycles. The van der Waals surface area contributed by atoms with E-state index in [-0.39, 0.29) is 0 Å². The third kappa shape index (κ3) is 3.50. The first kappa shape index (κ1) is 18.9. The quantitative estimate of drug-likeness (QED) is 0.520. The topological polar surface area (TPSA) is 58.9 Å². The van der Waals surface area contributed by atoms with Crippen LogP contribution >= 0.6 is 0 Å². The second-order valence-electron chi connectivity index (χ2n) is 6.78. The number of alkyl halides is 3. The van der Waals surface area contributed by atoms with Crippen LogP contribution in [0, 0.1) is 0 Å². The number of hydrazine groups is 1. The van der Waals surface area contributed by atoms with E-state index in [1.54, 1.807) is 34.4 Å². The molecule has 6 nitrogen and oxygen atoms in total. The van der Waals surface area contributed by atoms with Crippen molar-refractivity contribution in [1.29, 1.82) is 0 Å². The van der Waals surface area contributed by atoms with E-state index in [1.807, 2.05) is 42.5 Å². The molecule has 0 amide bonds. The van der Waals surface area contributed by atoms with Gasteiger partial charge in [0.1, 0.15) is 5.69 Å². The van der Waals surface area contributed by atoms with Crippen LogP contribution in [0.2, 0.25) is 0 Å². The Kier molecular flexibility index (Phi) is 4.43. The van der Waals surface area contributed by atoms with Crippen molar-refractivity contribution in [2.45, 2.75) is 6.18 Å². The lowest BCUT2D eigenvalue weighted by Crippen LogP contribution is -2.34. The summed E-state index contributed by atoms with van der Waals surface area (Å²) in [6.07, 6.45) is 5.50. The Hall–Kier alpha value is -4.14. The zero-order valence-electron chi connectivity index (χ0n) is 16.0. The number of hydrogen-bond acceptors (Lipinski definition) is 5. The molecular formula is C22H15F3N6. The number of anilines is 1. The number of nitrogens with one attached hydrogen (secondary N) is 1. The molecule has 31 heavy (non-hydrogen) atoms. The monoisotopic (exact) mass is 420 g/mol. The summed E-state index contributed by atoms with van der Waals surface area (Å²) in [5.41, 5.74) is 5.96. The molecule has 1 aromatic carbocycles. The molecule has 0 atom stereocenters. The van der Waals surface area contributed by atoms with Crippen LogP contribution in [0.15, 0.2) is 85.5 Å². The molecule has 154 valence electrons. The van der Waals surface area contributed by atoms with Crippen molar-refractivity contribution >= 4 is 22.3 Å². The lowest BCUT2D eigenvalue weighted by Gasteiger charge is -2.27. The maximum atomic E-state index is 12.8. The average Bonchev–Trinajstić information content (AvgIpc) is 3.28. The van der Waals surface area contributed by atoms with Gasteiger partial charge < -0.3 is 0 Å². The Morgan fingerprint density at radius 3 is 2.61 bits per heavy atom. The molecule has 0 aliphatic carbocycles. The molecule has 0 fully saturated rings. The molecule has 4 aromatic rings. The molecule has 3 aromatic heterocycles. The van der Waals surface area contributed by atoms with Crippen LogP contribution in [-0.2, 0) is 6.18 Å². The van der Waals surface area contributed by atoms with Gasteiger partial charge in [0.05, 0.1) is 40.7 Å². The summed E-state index contributed by atoms with van der Waals surface area (Å²) in [6.45, 7) is 0. The van der Waals surface area contributed by atoms with Gasteiger partial charge in [-0.3, -0.25) is 15.4 Å². The minimum atomic E-state index is -4.48. The highest BCUT2D eigenvalue weighted by Crippen LogP contribution is 2.29. The van der Waals surface area contributed by atoms with Gasteiger partial charge in [-0.05, 0) is 54.6 Å². The Labute approximate surface area is 174 Å². The number of allylic oxidation sites excluding steroid dienone is 2. The van der Waals surface area contributed by atoms with E-state index in [4.69, 9.17) is 0 Å². The Morgan fingerprint density at radius 1 is 0.903 bits per heavy atom. The second-order valence-corrected chi connectivity index (χ2v) is 6.78. The highest BCUT2D eigenvalue weighted by atomic mass is 19.4. The van der Waals surface area contributed by atoms with Crippen LogP contribution in [0.1, 0.15) is 11.4 Å². The van der Waals surface area contributed by atoms with Gasteiger partial charge in [0.2, 0.25) is 0 Å². The lowest BCUT2D eigenvalue weighted by molar-refractivity contribution is -0.141. The van der Waals surface area contributed by atoms with Gasteiger partial charge in [-0.2, -0.15) is 18.3 Å². The molecule has 5 rings (SSSR count). The molecule has 0 saturated heterocycles. The predicted octanol–water partition coefficient (Wildman–Crippen LogP) is 4.71. The normalized spacial score (nSPS) is 13.9. The summed E-state index contributed by atoms with van der Waals surface area (Å²) in [7, 11) is 0. The van der Waals surface area contributed by atoms with Gasteiger partial charge >= 0.3 is 6.18 Å². The van der Waals surface area contributed by atoms with Gasteiger partial charge in [0, 0.05) is 17.8 Å². The number of nitrogens with zero attached hydrogens (tertiary/aromatic N) is 5. The van der Waals surface area contributed by atoms with Crippen molar-refractivity contribution in [1.82, 2.24) is 25.2 Å². The number of halogens is 3. The Balaban J connectivity index is 1.47. The highest BCUT2D eigenvalue weighted by molar-refractivity contribution is 5.87. The van der Waals surface area contributed by atoms with E-state index >= 15 is 0 Å². The minimum Gasteiger partial charge on any atom is -0.292 e. The molecule has 0 spiro atoms. The van der Waals surface area contributed by atoms with Crippen LogP contribution < -0.4 is 10.4 Å². The highest BCUT2D eigenvalue weighted by Gasteiger charge is 2.32. The predicted molar refractivity (Wildman–Crippen MR) is 111 cm³/mol. The Bertz CT molecular complexity index is 1300. The molecule has 0 bridgehead atoms. The van der Waals surface area contributed by atoms with E-state index in [1.165, 1.54) is 12.3 Å². The van der Waals surface area contributed by atoms with E-state index in [0.29, 0.717) is 5.69 Å². The molecule has 1 aliphatic heterocycles. The van der Waals surface area contributed by atoms with E-state index in [2.05, 4.69) is 20.5 Å². The van der Waals surface area contributed by atoms with Crippen molar-refractivity contribution in [2.24, 2.45) is 0 Å². The number of rotatable bonds is 3. The number of benzene rings is 1. The summed E-state index contributed by atoms with van der Waals surface area (Å²) in [5.74, 6) is 0. The lowest BCUT2D eigenvalue weighted by atomic mass is 10.1. The van der Waals surface area contributed by atoms with Crippen LogP contribution in [0.5, 0.6) is 0 Å². The summed E-state index contributed by atoms with van der Waals surface area (Å²) in [5, 5.41) is 7.03. The van der Waals surface area contributed by atoms with Crippen LogP contribution in [0.4, 0.5) is 18.9 Å². The van der Waals surface area contributed by atoms with Gasteiger partial charge in [-0.1, -0.05) is 6.07 Å². The summed E-state index contributed by atoms with van der Waals surface area (Å²) >= 11 is 0. The molecule has 1 aliphatic rings. The van der Waals surface area contributed by atoms with Crippen molar-refractivity contribution in [3.8, 4) is 5.69 Å². The fraction of sp³-hybridized carbons (Fsp3) is 0.0455. The number of pyridine rings is 2. The average molecular weight is 420 g/mol. The standard InChI is InChI=1S/C22H15F3N6/c23-22(24,25)21-9-8-15(14-27-21)30-13-3-6-18(29-30)20-10-12-28-31(20)19-7-1-5-17-16(19)4-2-11-26-17/h1-14,29H. The van der Waals surface area contributed by atoms with Crippen molar-refractivity contribution < 1.29 is 13.2 Å². The SMILES string of the molecule is FC(F)(F)c1ccc(N2C=CC=C(c3ccnn3-c3cccc4ncccc34)N2)cn1. The maximum Gasteiger partial charge on any atom is 0.433 e. The summed E-state index contributed by atoms with van der Waals surface area (Å²) in [6, 6.07) is 13.8. The van der Waals surface area contributed by atoms with Gasteiger partial charge in [0.25, 0.3) is 0 Å². The number of hydrogen-bond donors (Lipinski definition) is 1. The fourth-order valence-corrected chi connectivity index (χ4v) is 3.39. The first-order chi connectivity index (χ1) is 15.0. The van der Waals surface area contributed by atoms with Crippen LogP contribution in [0.25, 0.3) is 22.3 Å². The molecule has 0 unspecified atom stereocenters. The third-order valence-corrected chi connectivity index (χ3v) is 4.82. The zero-order valence-corrected chi connectivity index (χ0v) is 16.0. The van der Waals surface area contributed by atoms with E-state index in [0.717, 1.165) is 34.0 Å². The third-order valence-electron chi connectivity index (χ3n) is 4.82. The second kappa shape index (κ2) is 7.28. The van der Waals surface area contributed by atoms with Gasteiger partial charge in [-0.25, -0.2) is 9.67 Å². The molecule has 0 radical (unpaired) electrons. The van der Waals surface area contributed by atoms with Gasteiger partial charge in [-0.15, -0.1) is 0 Å². The van der Waals surface area contributed by atoms with Crippen LogP contribution in [0.3, 0.4) is 0 Å². The molecule has 4 heterocycles. The molecular weight excluding hydrogens is 405 g/mol. The summed E-state index contributed by atoms with van der Waals surface area (Å²) < 4.78 is 40.2.